The minimum absolute atomic E-state index is 0.0861. The number of rotatable bonds is 5. The number of carbonyl (C=O) groups is 1. The van der Waals surface area contributed by atoms with Crippen molar-refractivity contribution in [2.75, 3.05) is 33.4 Å². The van der Waals surface area contributed by atoms with E-state index in [1.807, 2.05) is 4.90 Å². The Morgan fingerprint density at radius 2 is 2.00 bits per heavy atom. The standard InChI is InChI=1S/C12H24N2O2/c1-12(2,6-9-16-3)10-13-11(15)14-7-4-5-8-14/h4-10H2,1-3H3,(H,13,15). The Bertz CT molecular complexity index is 223. The van der Waals surface area contributed by atoms with E-state index in [9.17, 15) is 4.79 Å². The maximum Gasteiger partial charge on any atom is 0.317 e. The largest absolute Gasteiger partial charge is 0.385 e. The van der Waals surface area contributed by atoms with Crippen LogP contribution in [0.2, 0.25) is 0 Å². The molecule has 4 nitrogen and oxygen atoms in total. The Hall–Kier alpha value is -0.770. The molecule has 0 bridgehead atoms. The van der Waals surface area contributed by atoms with Gasteiger partial charge in [0.25, 0.3) is 0 Å². The van der Waals surface area contributed by atoms with Crippen molar-refractivity contribution >= 4 is 6.03 Å². The summed E-state index contributed by atoms with van der Waals surface area (Å²) in [7, 11) is 1.71. The number of methoxy groups -OCH3 is 1. The number of urea groups is 1. The van der Waals surface area contributed by atoms with Gasteiger partial charge in [0, 0.05) is 33.4 Å². The summed E-state index contributed by atoms with van der Waals surface area (Å²) in [6.45, 7) is 7.57. The van der Waals surface area contributed by atoms with Gasteiger partial charge in [-0.3, -0.25) is 0 Å². The van der Waals surface area contributed by atoms with Crippen LogP contribution in [-0.4, -0.2) is 44.3 Å². The monoisotopic (exact) mass is 228 g/mol. The average Bonchev–Trinajstić information content (AvgIpc) is 2.77. The summed E-state index contributed by atoms with van der Waals surface area (Å²) >= 11 is 0. The van der Waals surface area contributed by atoms with Crippen LogP contribution in [-0.2, 0) is 4.74 Å². The van der Waals surface area contributed by atoms with Crippen molar-refractivity contribution in [3.63, 3.8) is 0 Å². The molecule has 1 aliphatic heterocycles. The van der Waals surface area contributed by atoms with E-state index in [-0.39, 0.29) is 11.4 Å². The second-order valence-electron chi connectivity index (χ2n) is 5.26. The molecule has 0 aromatic heterocycles. The van der Waals surface area contributed by atoms with Crippen LogP contribution in [0.1, 0.15) is 33.1 Å². The van der Waals surface area contributed by atoms with Crippen molar-refractivity contribution in [1.82, 2.24) is 10.2 Å². The molecule has 0 unspecified atom stereocenters. The van der Waals surface area contributed by atoms with E-state index >= 15 is 0 Å². The molecule has 0 spiro atoms. The van der Waals surface area contributed by atoms with Crippen LogP contribution in [0, 0.1) is 5.41 Å². The molecule has 1 saturated heterocycles. The molecule has 16 heavy (non-hydrogen) atoms. The fourth-order valence-corrected chi connectivity index (χ4v) is 1.81. The van der Waals surface area contributed by atoms with Crippen LogP contribution in [0.25, 0.3) is 0 Å². The Balaban J connectivity index is 2.24. The molecule has 1 aliphatic rings. The van der Waals surface area contributed by atoms with E-state index in [2.05, 4.69) is 19.2 Å². The van der Waals surface area contributed by atoms with Crippen LogP contribution in [0.4, 0.5) is 4.79 Å². The van der Waals surface area contributed by atoms with E-state index in [0.717, 1.165) is 39.0 Å². The van der Waals surface area contributed by atoms with Gasteiger partial charge in [-0.25, -0.2) is 4.79 Å². The topological polar surface area (TPSA) is 41.6 Å². The lowest BCUT2D eigenvalue weighted by molar-refractivity contribution is 0.148. The van der Waals surface area contributed by atoms with Gasteiger partial charge >= 0.3 is 6.03 Å². The molecule has 1 heterocycles. The third kappa shape index (κ3) is 4.39. The molecule has 0 saturated carbocycles. The smallest absolute Gasteiger partial charge is 0.317 e. The summed E-state index contributed by atoms with van der Waals surface area (Å²) in [5, 5.41) is 3.01. The lowest BCUT2D eigenvalue weighted by atomic mass is 9.90. The van der Waals surface area contributed by atoms with Crippen LogP contribution < -0.4 is 5.32 Å². The van der Waals surface area contributed by atoms with Gasteiger partial charge in [-0.05, 0) is 24.7 Å². The maximum atomic E-state index is 11.7. The normalized spacial score (nSPS) is 16.6. The first kappa shape index (κ1) is 13.3. The zero-order valence-electron chi connectivity index (χ0n) is 10.7. The first-order valence-corrected chi connectivity index (χ1v) is 6.07. The zero-order valence-corrected chi connectivity index (χ0v) is 10.7. The highest BCUT2D eigenvalue weighted by Crippen LogP contribution is 2.19. The predicted molar refractivity (Wildman–Crippen MR) is 64.5 cm³/mol. The Morgan fingerprint density at radius 1 is 1.38 bits per heavy atom. The maximum absolute atomic E-state index is 11.7. The highest BCUT2D eigenvalue weighted by molar-refractivity contribution is 5.74. The second kappa shape index (κ2) is 6.09. The molecule has 2 amide bonds. The fourth-order valence-electron chi connectivity index (χ4n) is 1.81. The van der Waals surface area contributed by atoms with Gasteiger partial charge in [-0.1, -0.05) is 13.8 Å². The van der Waals surface area contributed by atoms with Gasteiger partial charge in [0.1, 0.15) is 0 Å². The number of hydrogen-bond acceptors (Lipinski definition) is 2. The summed E-state index contributed by atoms with van der Waals surface area (Å²) in [5.41, 5.74) is 0.103. The van der Waals surface area contributed by atoms with E-state index < -0.39 is 0 Å². The molecular formula is C12H24N2O2. The Kier molecular flexibility index (Phi) is 5.06. The summed E-state index contributed by atoms with van der Waals surface area (Å²) in [6, 6.07) is 0.0861. The molecule has 0 radical (unpaired) electrons. The summed E-state index contributed by atoms with van der Waals surface area (Å²) in [6.07, 6.45) is 3.24. The summed E-state index contributed by atoms with van der Waals surface area (Å²) in [4.78, 5) is 13.6. The van der Waals surface area contributed by atoms with E-state index in [4.69, 9.17) is 4.74 Å². The van der Waals surface area contributed by atoms with Crippen molar-refractivity contribution in [3.05, 3.63) is 0 Å². The van der Waals surface area contributed by atoms with Gasteiger partial charge < -0.3 is 15.0 Å². The molecular weight excluding hydrogens is 204 g/mol. The van der Waals surface area contributed by atoms with Crippen molar-refractivity contribution in [3.8, 4) is 0 Å². The number of likely N-dealkylation sites (tertiary alicyclic amines) is 1. The van der Waals surface area contributed by atoms with E-state index in [1.165, 1.54) is 0 Å². The molecule has 0 aromatic carbocycles. The molecule has 1 N–H and O–H groups in total. The van der Waals surface area contributed by atoms with Crippen molar-refractivity contribution in [1.29, 1.82) is 0 Å². The minimum atomic E-state index is 0.0861. The molecule has 1 fully saturated rings. The highest BCUT2D eigenvalue weighted by Gasteiger charge is 2.22. The molecule has 1 rings (SSSR count). The van der Waals surface area contributed by atoms with Crippen molar-refractivity contribution in [2.45, 2.75) is 33.1 Å². The minimum Gasteiger partial charge on any atom is -0.385 e. The van der Waals surface area contributed by atoms with Gasteiger partial charge in [-0.15, -0.1) is 0 Å². The van der Waals surface area contributed by atoms with Crippen LogP contribution >= 0.6 is 0 Å². The number of carbonyl (C=O) groups excluding carboxylic acids is 1. The van der Waals surface area contributed by atoms with Crippen molar-refractivity contribution < 1.29 is 9.53 Å². The van der Waals surface area contributed by atoms with Gasteiger partial charge in [0.15, 0.2) is 0 Å². The van der Waals surface area contributed by atoms with Crippen LogP contribution in [0.5, 0.6) is 0 Å². The van der Waals surface area contributed by atoms with Crippen molar-refractivity contribution in [2.24, 2.45) is 5.41 Å². The van der Waals surface area contributed by atoms with Gasteiger partial charge in [-0.2, -0.15) is 0 Å². The number of nitrogens with one attached hydrogen (secondary N) is 1. The summed E-state index contributed by atoms with van der Waals surface area (Å²) < 4.78 is 5.06. The van der Waals surface area contributed by atoms with Gasteiger partial charge in [0.05, 0.1) is 0 Å². The first-order valence-electron chi connectivity index (χ1n) is 6.07. The Morgan fingerprint density at radius 3 is 2.56 bits per heavy atom. The highest BCUT2D eigenvalue weighted by atomic mass is 16.5. The van der Waals surface area contributed by atoms with Gasteiger partial charge in [0.2, 0.25) is 0 Å². The number of nitrogens with zero attached hydrogens (tertiary/aromatic N) is 1. The predicted octanol–water partition coefficient (Wildman–Crippen LogP) is 1.85. The SMILES string of the molecule is COCCC(C)(C)CNC(=O)N1CCCC1. The lowest BCUT2D eigenvalue weighted by Crippen LogP contribution is -2.42. The molecule has 94 valence electrons. The second-order valence-corrected chi connectivity index (χ2v) is 5.26. The lowest BCUT2D eigenvalue weighted by Gasteiger charge is -2.26. The van der Waals surface area contributed by atoms with Crippen LogP contribution in [0.3, 0.4) is 0 Å². The molecule has 0 aromatic rings. The molecule has 0 aliphatic carbocycles. The third-order valence-electron chi connectivity index (χ3n) is 3.09. The number of amides is 2. The van der Waals surface area contributed by atoms with E-state index in [0.29, 0.717) is 6.54 Å². The first-order chi connectivity index (χ1) is 7.55. The molecule has 4 heteroatoms. The van der Waals surface area contributed by atoms with E-state index in [1.54, 1.807) is 7.11 Å². The molecule has 0 atom stereocenters. The summed E-state index contributed by atoms with van der Waals surface area (Å²) in [5.74, 6) is 0. The zero-order chi connectivity index (χ0) is 12.0. The van der Waals surface area contributed by atoms with Crippen LogP contribution in [0.15, 0.2) is 0 Å². The third-order valence-corrected chi connectivity index (χ3v) is 3.09. The average molecular weight is 228 g/mol. The number of hydrogen-bond donors (Lipinski definition) is 1. The number of ether oxygens (including phenoxy) is 1. The fraction of sp³-hybridized carbons (Fsp3) is 0.917. The Labute approximate surface area is 98.3 Å². The quantitative estimate of drug-likeness (QED) is 0.780.